The second-order valence-corrected chi connectivity index (χ2v) is 6.27. The molecule has 4 rings (SSSR count). The highest BCUT2D eigenvalue weighted by Gasteiger charge is 2.26. The third-order valence-electron chi connectivity index (χ3n) is 4.66. The molecule has 1 aliphatic carbocycles. The summed E-state index contributed by atoms with van der Waals surface area (Å²) in [4.78, 5) is 16.2. The summed E-state index contributed by atoms with van der Waals surface area (Å²) in [6, 6.07) is 7.06. The molecule has 9 heteroatoms. The predicted octanol–water partition coefficient (Wildman–Crippen LogP) is 3.31. The Morgan fingerprint density at radius 1 is 1.41 bits per heavy atom. The normalized spacial score (nSPS) is 15.9. The van der Waals surface area contributed by atoms with Gasteiger partial charge in [-0.2, -0.15) is 18.9 Å². The van der Waals surface area contributed by atoms with Crippen LogP contribution in [-0.2, 0) is 13.0 Å². The number of carbonyl (C=O) groups is 1. The second kappa shape index (κ2) is 6.90. The van der Waals surface area contributed by atoms with Crippen LogP contribution in [0.4, 0.5) is 8.78 Å². The van der Waals surface area contributed by atoms with Gasteiger partial charge in [0.25, 0.3) is 11.8 Å². The van der Waals surface area contributed by atoms with Crippen molar-refractivity contribution in [3.05, 3.63) is 53.2 Å². The van der Waals surface area contributed by atoms with E-state index in [1.54, 1.807) is 23.0 Å². The highest BCUT2D eigenvalue weighted by atomic mass is 19.3. The molecule has 1 atom stereocenters. The SMILES string of the molecule is CCn1nccc1C(=O)NC1CCc2cc(-c3noc(C(F)F)n3)ccc21. The lowest BCUT2D eigenvalue weighted by Gasteiger charge is -2.15. The van der Waals surface area contributed by atoms with Gasteiger partial charge in [-0.05, 0) is 43.0 Å². The molecule has 1 amide bonds. The van der Waals surface area contributed by atoms with Crippen LogP contribution in [0.5, 0.6) is 0 Å². The molecular formula is C18H17F2N5O2. The molecule has 1 aromatic carbocycles. The molecule has 0 bridgehead atoms. The zero-order chi connectivity index (χ0) is 19.0. The van der Waals surface area contributed by atoms with Crippen LogP contribution in [0, 0.1) is 0 Å². The molecule has 0 saturated heterocycles. The molecule has 3 aromatic rings. The number of rotatable bonds is 5. The summed E-state index contributed by atoms with van der Waals surface area (Å²) in [5, 5.41) is 10.8. The molecule has 0 fully saturated rings. The Bertz CT molecular complexity index is 982. The molecular weight excluding hydrogens is 356 g/mol. The van der Waals surface area contributed by atoms with Crippen LogP contribution in [0.3, 0.4) is 0 Å². The summed E-state index contributed by atoms with van der Waals surface area (Å²) >= 11 is 0. The molecule has 0 radical (unpaired) electrons. The van der Waals surface area contributed by atoms with Crippen molar-refractivity contribution >= 4 is 5.91 Å². The lowest BCUT2D eigenvalue weighted by atomic mass is 10.0. The quantitative estimate of drug-likeness (QED) is 0.742. The third-order valence-corrected chi connectivity index (χ3v) is 4.66. The fraction of sp³-hybridized carbons (Fsp3) is 0.333. The molecule has 0 spiro atoms. The van der Waals surface area contributed by atoms with E-state index in [0.29, 0.717) is 17.8 Å². The van der Waals surface area contributed by atoms with Gasteiger partial charge in [-0.25, -0.2) is 0 Å². The van der Waals surface area contributed by atoms with Crippen molar-refractivity contribution in [2.24, 2.45) is 0 Å². The number of benzene rings is 1. The Morgan fingerprint density at radius 3 is 3.00 bits per heavy atom. The van der Waals surface area contributed by atoms with E-state index in [9.17, 15) is 13.6 Å². The van der Waals surface area contributed by atoms with Gasteiger partial charge in [0.15, 0.2) is 0 Å². The number of aryl methyl sites for hydroxylation is 2. The Balaban J connectivity index is 1.53. The average molecular weight is 373 g/mol. The van der Waals surface area contributed by atoms with Gasteiger partial charge in [0.2, 0.25) is 5.82 Å². The Morgan fingerprint density at radius 2 is 2.26 bits per heavy atom. The third kappa shape index (κ3) is 3.20. The van der Waals surface area contributed by atoms with Gasteiger partial charge < -0.3 is 9.84 Å². The van der Waals surface area contributed by atoms with Crippen molar-refractivity contribution in [3.8, 4) is 11.4 Å². The first-order chi connectivity index (χ1) is 13.1. The number of fused-ring (bicyclic) bond motifs is 1. The summed E-state index contributed by atoms with van der Waals surface area (Å²) < 4.78 is 31.4. The van der Waals surface area contributed by atoms with Crippen LogP contribution >= 0.6 is 0 Å². The molecule has 1 unspecified atom stereocenters. The van der Waals surface area contributed by atoms with E-state index < -0.39 is 12.3 Å². The van der Waals surface area contributed by atoms with Gasteiger partial charge in [-0.3, -0.25) is 9.48 Å². The molecule has 2 heterocycles. The van der Waals surface area contributed by atoms with E-state index in [1.165, 1.54) is 0 Å². The molecule has 0 saturated carbocycles. The molecule has 27 heavy (non-hydrogen) atoms. The minimum absolute atomic E-state index is 0.108. The van der Waals surface area contributed by atoms with E-state index in [4.69, 9.17) is 0 Å². The number of hydrogen-bond donors (Lipinski definition) is 1. The molecule has 140 valence electrons. The fourth-order valence-corrected chi connectivity index (χ4v) is 3.36. The van der Waals surface area contributed by atoms with Crippen molar-refractivity contribution in [1.82, 2.24) is 25.2 Å². The van der Waals surface area contributed by atoms with E-state index in [2.05, 4.69) is 25.1 Å². The number of carbonyl (C=O) groups excluding carboxylic acids is 1. The van der Waals surface area contributed by atoms with Crippen LogP contribution in [0.2, 0.25) is 0 Å². The zero-order valence-corrected chi connectivity index (χ0v) is 14.5. The molecule has 7 nitrogen and oxygen atoms in total. The van der Waals surface area contributed by atoms with Gasteiger partial charge in [-0.15, -0.1) is 0 Å². The summed E-state index contributed by atoms with van der Waals surface area (Å²) in [6.45, 7) is 2.54. The first-order valence-corrected chi connectivity index (χ1v) is 8.64. The molecule has 1 aliphatic rings. The Hall–Kier alpha value is -3.10. The van der Waals surface area contributed by atoms with Crippen LogP contribution in [-0.4, -0.2) is 25.8 Å². The van der Waals surface area contributed by atoms with Crippen LogP contribution in [0.15, 0.2) is 35.0 Å². The number of amides is 1. The maximum absolute atomic E-state index is 12.6. The number of halogens is 2. The number of aromatic nitrogens is 4. The van der Waals surface area contributed by atoms with Gasteiger partial charge in [0.1, 0.15) is 5.69 Å². The van der Waals surface area contributed by atoms with Crippen molar-refractivity contribution in [2.75, 3.05) is 0 Å². The number of nitrogens with one attached hydrogen (secondary N) is 1. The monoisotopic (exact) mass is 373 g/mol. The molecule has 2 aromatic heterocycles. The van der Waals surface area contributed by atoms with Crippen LogP contribution in [0.1, 0.15) is 53.3 Å². The van der Waals surface area contributed by atoms with E-state index in [1.807, 2.05) is 19.1 Å². The lowest BCUT2D eigenvalue weighted by molar-refractivity contribution is 0.0925. The Kier molecular flexibility index (Phi) is 4.43. The first-order valence-electron chi connectivity index (χ1n) is 8.64. The number of hydrogen-bond acceptors (Lipinski definition) is 5. The summed E-state index contributed by atoms with van der Waals surface area (Å²) in [7, 11) is 0. The maximum atomic E-state index is 12.6. The first kappa shape index (κ1) is 17.3. The van der Waals surface area contributed by atoms with Gasteiger partial charge in [0.05, 0.1) is 6.04 Å². The molecule has 1 N–H and O–H groups in total. The largest absolute Gasteiger partial charge is 0.344 e. The van der Waals surface area contributed by atoms with Crippen LogP contribution in [0.25, 0.3) is 11.4 Å². The van der Waals surface area contributed by atoms with Crippen LogP contribution < -0.4 is 5.32 Å². The van der Waals surface area contributed by atoms with E-state index >= 15 is 0 Å². The highest BCUT2D eigenvalue weighted by molar-refractivity contribution is 5.92. The second-order valence-electron chi connectivity index (χ2n) is 6.27. The van der Waals surface area contributed by atoms with E-state index in [-0.39, 0.29) is 17.8 Å². The predicted molar refractivity (Wildman–Crippen MR) is 91.1 cm³/mol. The van der Waals surface area contributed by atoms with Crippen molar-refractivity contribution < 1.29 is 18.1 Å². The topological polar surface area (TPSA) is 85.8 Å². The Labute approximate surface area is 153 Å². The van der Waals surface area contributed by atoms with Crippen molar-refractivity contribution in [2.45, 2.75) is 38.8 Å². The fourth-order valence-electron chi connectivity index (χ4n) is 3.36. The minimum Gasteiger partial charge on any atom is -0.344 e. The van der Waals surface area contributed by atoms with E-state index in [0.717, 1.165) is 24.0 Å². The number of alkyl halides is 2. The lowest BCUT2D eigenvalue weighted by Crippen LogP contribution is -2.29. The molecule has 0 aliphatic heterocycles. The highest BCUT2D eigenvalue weighted by Crippen LogP contribution is 2.34. The van der Waals surface area contributed by atoms with Gasteiger partial charge in [0, 0.05) is 18.3 Å². The zero-order valence-electron chi connectivity index (χ0n) is 14.5. The van der Waals surface area contributed by atoms with Gasteiger partial charge in [-0.1, -0.05) is 17.3 Å². The maximum Gasteiger partial charge on any atom is 0.315 e. The van der Waals surface area contributed by atoms with Gasteiger partial charge >= 0.3 is 6.43 Å². The smallest absolute Gasteiger partial charge is 0.315 e. The van der Waals surface area contributed by atoms with Crippen molar-refractivity contribution in [3.63, 3.8) is 0 Å². The van der Waals surface area contributed by atoms with Crippen molar-refractivity contribution in [1.29, 1.82) is 0 Å². The number of nitrogens with zero attached hydrogens (tertiary/aromatic N) is 4. The minimum atomic E-state index is -2.79. The average Bonchev–Trinajstić information content (AvgIpc) is 3.40. The standard InChI is InChI=1S/C18H17F2N5O2/c1-2-25-14(7-8-21-25)17(26)22-13-6-4-10-9-11(3-5-12(10)13)16-23-18(15(19)20)27-24-16/h3,5,7-9,13,15H,2,4,6H2,1H3,(H,22,26). The summed E-state index contributed by atoms with van der Waals surface area (Å²) in [5.74, 6) is -0.730. The summed E-state index contributed by atoms with van der Waals surface area (Å²) in [5.41, 5.74) is 3.17. The summed E-state index contributed by atoms with van der Waals surface area (Å²) in [6.07, 6.45) is 0.336.